The summed E-state index contributed by atoms with van der Waals surface area (Å²) in [5.74, 6) is -0.193. The average Bonchev–Trinajstić information content (AvgIpc) is 3.65. The molecule has 6 rings (SSSR count). The SMILES string of the molecule is O=C(Nc1nc2ccc(-c3cccc(C(F)(F)F)c3)cc2[nH]1)c1cn2cc(CNC3CCCC3)ccc2n1. The first kappa shape index (κ1) is 24.2. The lowest BCUT2D eigenvalue weighted by molar-refractivity contribution is -0.137. The zero-order chi connectivity index (χ0) is 26.3. The molecule has 3 aromatic heterocycles. The molecule has 0 saturated heterocycles. The number of imidazole rings is 2. The Labute approximate surface area is 216 Å². The smallest absolute Gasteiger partial charge is 0.324 e. The van der Waals surface area contributed by atoms with E-state index < -0.39 is 17.6 Å². The molecule has 1 aliphatic rings. The molecule has 0 atom stereocenters. The lowest BCUT2D eigenvalue weighted by atomic mass is 10.0. The van der Waals surface area contributed by atoms with Crippen LogP contribution in [0.1, 0.15) is 47.3 Å². The molecule has 1 aliphatic carbocycles. The van der Waals surface area contributed by atoms with Crippen LogP contribution >= 0.6 is 0 Å². The highest BCUT2D eigenvalue weighted by Crippen LogP contribution is 2.33. The van der Waals surface area contributed by atoms with Crippen molar-refractivity contribution in [2.75, 3.05) is 5.32 Å². The van der Waals surface area contributed by atoms with E-state index >= 15 is 0 Å². The molecule has 5 aromatic rings. The van der Waals surface area contributed by atoms with Crippen LogP contribution < -0.4 is 10.6 Å². The topological polar surface area (TPSA) is 87.1 Å². The summed E-state index contributed by atoms with van der Waals surface area (Å²) in [6.45, 7) is 0.766. The van der Waals surface area contributed by atoms with Crippen LogP contribution in [0.3, 0.4) is 0 Å². The minimum absolute atomic E-state index is 0.227. The Morgan fingerprint density at radius 3 is 2.63 bits per heavy atom. The summed E-state index contributed by atoms with van der Waals surface area (Å²) in [7, 11) is 0. The molecule has 1 saturated carbocycles. The van der Waals surface area contributed by atoms with E-state index in [1.54, 1.807) is 30.5 Å². The number of hydrogen-bond donors (Lipinski definition) is 3. The van der Waals surface area contributed by atoms with E-state index in [-0.39, 0.29) is 11.6 Å². The van der Waals surface area contributed by atoms with E-state index in [0.717, 1.165) is 24.2 Å². The summed E-state index contributed by atoms with van der Waals surface area (Å²) in [5.41, 5.74) is 3.51. The van der Waals surface area contributed by atoms with Gasteiger partial charge in [0.05, 0.1) is 16.6 Å². The first-order valence-corrected chi connectivity index (χ1v) is 12.5. The molecule has 10 heteroatoms. The van der Waals surface area contributed by atoms with Crippen molar-refractivity contribution in [1.29, 1.82) is 0 Å². The van der Waals surface area contributed by atoms with Gasteiger partial charge < -0.3 is 14.7 Å². The Morgan fingerprint density at radius 2 is 1.82 bits per heavy atom. The number of halogens is 3. The number of pyridine rings is 1. The Balaban J connectivity index is 1.18. The fourth-order valence-corrected chi connectivity index (χ4v) is 4.94. The largest absolute Gasteiger partial charge is 0.416 e. The van der Waals surface area contributed by atoms with Gasteiger partial charge in [-0.25, -0.2) is 9.97 Å². The van der Waals surface area contributed by atoms with Crippen LogP contribution in [-0.4, -0.2) is 31.3 Å². The molecule has 7 nitrogen and oxygen atoms in total. The molecule has 0 aliphatic heterocycles. The number of H-pyrrole nitrogens is 1. The average molecular weight is 519 g/mol. The summed E-state index contributed by atoms with van der Waals surface area (Å²) in [6.07, 6.45) is 4.21. The van der Waals surface area contributed by atoms with Gasteiger partial charge in [0.1, 0.15) is 11.3 Å². The first-order valence-electron chi connectivity index (χ1n) is 12.5. The number of rotatable bonds is 6. The number of carbonyl (C=O) groups excluding carboxylic acids is 1. The van der Waals surface area contributed by atoms with Crippen LogP contribution in [0.25, 0.3) is 27.8 Å². The molecule has 38 heavy (non-hydrogen) atoms. The second-order valence-corrected chi connectivity index (χ2v) is 9.64. The minimum atomic E-state index is -4.42. The van der Waals surface area contributed by atoms with Gasteiger partial charge in [0.2, 0.25) is 5.95 Å². The van der Waals surface area contributed by atoms with Crippen LogP contribution in [0.2, 0.25) is 0 Å². The van der Waals surface area contributed by atoms with Crippen molar-refractivity contribution in [3.05, 3.63) is 83.8 Å². The van der Waals surface area contributed by atoms with Crippen LogP contribution in [-0.2, 0) is 12.7 Å². The number of anilines is 1. The number of hydrogen-bond acceptors (Lipinski definition) is 4. The second-order valence-electron chi connectivity index (χ2n) is 9.64. The molecule has 1 amide bonds. The summed E-state index contributed by atoms with van der Waals surface area (Å²) < 4.78 is 41.2. The van der Waals surface area contributed by atoms with E-state index in [1.807, 2.05) is 22.7 Å². The minimum Gasteiger partial charge on any atom is -0.324 e. The first-order chi connectivity index (χ1) is 18.3. The molecule has 0 bridgehead atoms. The molecule has 0 radical (unpaired) electrons. The number of alkyl halides is 3. The van der Waals surface area contributed by atoms with Gasteiger partial charge in [-0.2, -0.15) is 13.2 Å². The van der Waals surface area contributed by atoms with Gasteiger partial charge in [-0.1, -0.05) is 37.1 Å². The molecule has 0 unspecified atom stereocenters. The van der Waals surface area contributed by atoms with Gasteiger partial charge in [0.15, 0.2) is 0 Å². The molecule has 0 spiro atoms. The third-order valence-electron chi connectivity index (χ3n) is 6.93. The maximum atomic E-state index is 13.1. The number of carbonyl (C=O) groups is 1. The van der Waals surface area contributed by atoms with Gasteiger partial charge in [0, 0.05) is 25.0 Å². The Hall–Kier alpha value is -4.18. The van der Waals surface area contributed by atoms with Crippen molar-refractivity contribution in [2.24, 2.45) is 0 Å². The van der Waals surface area contributed by atoms with Crippen LogP contribution in [0.15, 0.2) is 67.0 Å². The van der Waals surface area contributed by atoms with Gasteiger partial charge >= 0.3 is 6.18 Å². The quantitative estimate of drug-likeness (QED) is 0.251. The van der Waals surface area contributed by atoms with E-state index in [1.165, 1.54) is 31.7 Å². The summed E-state index contributed by atoms with van der Waals surface area (Å²) in [5, 5.41) is 6.32. The van der Waals surface area contributed by atoms with Gasteiger partial charge in [-0.05, 0) is 59.9 Å². The maximum Gasteiger partial charge on any atom is 0.416 e. The lowest BCUT2D eigenvalue weighted by Crippen LogP contribution is -2.25. The number of aromatic nitrogens is 4. The highest BCUT2D eigenvalue weighted by Gasteiger charge is 2.30. The summed E-state index contributed by atoms with van der Waals surface area (Å²) in [4.78, 5) is 24.7. The molecular formula is C28H25F3N6O. The molecule has 3 N–H and O–H groups in total. The number of aromatic amines is 1. The van der Waals surface area contributed by atoms with Crippen molar-refractivity contribution in [2.45, 2.75) is 44.4 Å². The van der Waals surface area contributed by atoms with Crippen molar-refractivity contribution in [1.82, 2.24) is 24.7 Å². The van der Waals surface area contributed by atoms with E-state index in [0.29, 0.717) is 33.8 Å². The number of amides is 1. The van der Waals surface area contributed by atoms with Crippen molar-refractivity contribution in [3.63, 3.8) is 0 Å². The lowest BCUT2D eigenvalue weighted by Gasteiger charge is -2.11. The monoisotopic (exact) mass is 518 g/mol. The van der Waals surface area contributed by atoms with Crippen molar-refractivity contribution in [3.8, 4) is 11.1 Å². The third kappa shape index (κ3) is 4.99. The van der Waals surface area contributed by atoms with E-state index in [2.05, 4.69) is 25.6 Å². The Kier molecular flexibility index (Phi) is 6.11. The fraction of sp³-hybridized carbons (Fsp3) is 0.250. The van der Waals surface area contributed by atoms with Gasteiger partial charge in [0.25, 0.3) is 5.91 Å². The van der Waals surface area contributed by atoms with E-state index in [4.69, 9.17) is 0 Å². The van der Waals surface area contributed by atoms with Gasteiger partial charge in [-0.15, -0.1) is 0 Å². The Bertz CT molecular complexity index is 1630. The number of nitrogens with one attached hydrogen (secondary N) is 3. The predicted octanol–water partition coefficient (Wildman–Crippen LogP) is 6.18. The molecule has 3 heterocycles. The van der Waals surface area contributed by atoms with Crippen LogP contribution in [0.4, 0.5) is 19.1 Å². The molecule has 1 fully saturated rings. The van der Waals surface area contributed by atoms with Crippen LogP contribution in [0.5, 0.6) is 0 Å². The van der Waals surface area contributed by atoms with E-state index in [9.17, 15) is 18.0 Å². The van der Waals surface area contributed by atoms with Crippen LogP contribution in [0, 0.1) is 0 Å². The standard InChI is InChI=1S/C28H25F3N6O/c29-28(30,31)20-5-3-4-18(12-20)19-9-10-22-23(13-19)35-27(34-22)36-26(38)24-16-37-15-17(8-11-25(37)33-24)14-32-21-6-1-2-7-21/h3-5,8-13,15-16,21,32H,1-2,6-7,14H2,(H2,34,35,36,38). The highest BCUT2D eigenvalue weighted by molar-refractivity contribution is 6.03. The summed E-state index contributed by atoms with van der Waals surface area (Å²) >= 11 is 0. The maximum absolute atomic E-state index is 13.1. The summed E-state index contributed by atoms with van der Waals surface area (Å²) in [6, 6.07) is 14.7. The highest BCUT2D eigenvalue weighted by atomic mass is 19.4. The number of fused-ring (bicyclic) bond motifs is 2. The number of benzene rings is 2. The predicted molar refractivity (Wildman–Crippen MR) is 139 cm³/mol. The second kappa shape index (κ2) is 9.60. The Morgan fingerprint density at radius 1 is 1.00 bits per heavy atom. The fourth-order valence-electron chi connectivity index (χ4n) is 4.94. The van der Waals surface area contributed by atoms with Crippen molar-refractivity contribution < 1.29 is 18.0 Å². The molecule has 2 aromatic carbocycles. The van der Waals surface area contributed by atoms with Crippen molar-refractivity contribution >= 4 is 28.5 Å². The third-order valence-corrected chi connectivity index (χ3v) is 6.93. The molecular weight excluding hydrogens is 493 g/mol. The zero-order valence-corrected chi connectivity index (χ0v) is 20.3. The van der Waals surface area contributed by atoms with Gasteiger partial charge in [-0.3, -0.25) is 10.1 Å². The normalized spacial score (nSPS) is 14.5. The molecule has 194 valence electrons. The number of nitrogens with zero attached hydrogens (tertiary/aromatic N) is 3. The zero-order valence-electron chi connectivity index (χ0n) is 20.3.